The third-order valence-electron chi connectivity index (χ3n) is 6.54. The van der Waals surface area contributed by atoms with Crippen LogP contribution in [-0.2, 0) is 30.1 Å². The number of aryl methyl sites for hydroxylation is 2. The number of imidazole rings is 1. The number of aromatic nitrogens is 4. The number of carbonyl (C=O) groups excluding carboxylic acids is 2. The molecule has 11 heteroatoms. The fourth-order valence-electron chi connectivity index (χ4n) is 4.51. The van der Waals surface area contributed by atoms with Gasteiger partial charge >= 0.3 is 0 Å². The molecular weight excluding hydrogens is 490 g/mol. The van der Waals surface area contributed by atoms with Crippen molar-refractivity contribution in [2.24, 2.45) is 7.05 Å². The SMILES string of the molecule is C=CC(=O)N1C[C@H](NC(=O)c2c(F)nc(CCc3[nH]nc4cc(Cl)c(C(C)(C)C)cc34)n2C)[C@@H](F)C1. The number of halogens is 3. The largest absolute Gasteiger partial charge is 0.343 e. The highest BCUT2D eigenvalue weighted by Gasteiger charge is 2.36. The van der Waals surface area contributed by atoms with Crippen LogP contribution >= 0.6 is 11.6 Å². The Morgan fingerprint density at radius 3 is 2.69 bits per heavy atom. The molecule has 3 aromatic rings. The molecule has 0 aliphatic carbocycles. The second-order valence-corrected chi connectivity index (χ2v) is 10.5. The molecular formula is C25H29ClF2N6O2. The summed E-state index contributed by atoms with van der Waals surface area (Å²) in [6.07, 6.45) is 0.433. The van der Waals surface area contributed by atoms with Crippen LogP contribution in [0.4, 0.5) is 8.78 Å². The van der Waals surface area contributed by atoms with Crippen molar-refractivity contribution in [3.05, 3.63) is 58.5 Å². The third kappa shape index (κ3) is 4.86. The number of benzene rings is 1. The highest BCUT2D eigenvalue weighted by Crippen LogP contribution is 2.33. The number of fused-ring (bicyclic) bond motifs is 1. The minimum absolute atomic E-state index is 0.0163. The standard InChI is InChI=1S/C25H29ClF2N6O2/c1-6-21(35)34-11-16(27)19(12-34)29-24(36)22-23(28)30-20(33(22)5)8-7-17-13-9-14(25(2,3)4)15(26)10-18(13)32-31-17/h6,9-10,16,19H,1,7-8,11-12H2,2-5H3,(H,29,36)(H,31,32)/t16-,19-/m0/s1. The predicted molar refractivity (Wildman–Crippen MR) is 133 cm³/mol. The van der Waals surface area contributed by atoms with Crippen molar-refractivity contribution in [1.29, 1.82) is 0 Å². The van der Waals surface area contributed by atoms with Gasteiger partial charge in [0, 0.05) is 36.1 Å². The Morgan fingerprint density at radius 2 is 2.03 bits per heavy atom. The van der Waals surface area contributed by atoms with Gasteiger partial charge in [-0.25, -0.2) is 9.37 Å². The van der Waals surface area contributed by atoms with Gasteiger partial charge in [0.15, 0.2) is 5.69 Å². The van der Waals surface area contributed by atoms with Gasteiger partial charge in [-0.1, -0.05) is 39.0 Å². The molecule has 2 N–H and O–H groups in total. The molecule has 1 fully saturated rings. The summed E-state index contributed by atoms with van der Waals surface area (Å²) in [6, 6.07) is 2.90. The molecule has 2 amide bonds. The molecule has 8 nitrogen and oxygen atoms in total. The number of hydrogen-bond acceptors (Lipinski definition) is 4. The highest BCUT2D eigenvalue weighted by atomic mass is 35.5. The summed E-state index contributed by atoms with van der Waals surface area (Å²) in [4.78, 5) is 29.7. The van der Waals surface area contributed by atoms with Crippen LogP contribution < -0.4 is 5.32 Å². The van der Waals surface area contributed by atoms with Gasteiger partial charge in [-0.15, -0.1) is 0 Å². The molecule has 3 heterocycles. The highest BCUT2D eigenvalue weighted by molar-refractivity contribution is 6.32. The van der Waals surface area contributed by atoms with Gasteiger partial charge in [0.1, 0.15) is 12.0 Å². The van der Waals surface area contributed by atoms with Crippen molar-refractivity contribution in [2.75, 3.05) is 13.1 Å². The van der Waals surface area contributed by atoms with E-state index in [0.717, 1.165) is 28.2 Å². The van der Waals surface area contributed by atoms with Crippen LogP contribution in [-0.4, -0.2) is 61.8 Å². The maximum absolute atomic E-state index is 14.7. The van der Waals surface area contributed by atoms with Crippen molar-refractivity contribution in [3.8, 4) is 0 Å². The number of alkyl halides is 1. The lowest BCUT2D eigenvalue weighted by Gasteiger charge is -2.20. The van der Waals surface area contributed by atoms with Crippen LogP contribution in [0.25, 0.3) is 10.9 Å². The number of nitrogens with one attached hydrogen (secondary N) is 2. The Hall–Kier alpha value is -3.27. The zero-order chi connectivity index (χ0) is 26.4. The van der Waals surface area contributed by atoms with E-state index in [2.05, 4.69) is 47.8 Å². The lowest BCUT2D eigenvalue weighted by molar-refractivity contribution is -0.125. The Bertz CT molecular complexity index is 1340. The average molecular weight is 519 g/mol. The Labute approximate surface area is 212 Å². The number of likely N-dealkylation sites (tertiary alicyclic amines) is 1. The first kappa shape index (κ1) is 25.8. The van der Waals surface area contributed by atoms with E-state index in [9.17, 15) is 18.4 Å². The zero-order valence-corrected chi connectivity index (χ0v) is 21.4. The van der Waals surface area contributed by atoms with E-state index in [1.165, 1.54) is 16.5 Å². The van der Waals surface area contributed by atoms with E-state index >= 15 is 0 Å². The molecule has 0 radical (unpaired) electrons. The van der Waals surface area contributed by atoms with Crippen molar-refractivity contribution in [2.45, 2.75) is 51.2 Å². The third-order valence-corrected chi connectivity index (χ3v) is 6.85. The van der Waals surface area contributed by atoms with Gasteiger partial charge in [-0.2, -0.15) is 9.49 Å². The van der Waals surface area contributed by atoms with Crippen LogP contribution in [0, 0.1) is 5.95 Å². The second kappa shape index (κ2) is 9.65. The molecule has 1 saturated heterocycles. The maximum atomic E-state index is 14.7. The number of H-pyrrole nitrogens is 1. The van der Waals surface area contributed by atoms with Crippen molar-refractivity contribution < 1.29 is 18.4 Å². The molecule has 2 atom stereocenters. The summed E-state index contributed by atoms with van der Waals surface area (Å²) >= 11 is 6.45. The molecule has 192 valence electrons. The van der Waals surface area contributed by atoms with Crippen molar-refractivity contribution in [3.63, 3.8) is 0 Å². The van der Waals surface area contributed by atoms with Gasteiger partial charge < -0.3 is 14.8 Å². The fraction of sp³-hybridized carbons (Fsp3) is 0.440. The van der Waals surface area contributed by atoms with Crippen LogP contribution in [0.1, 0.15) is 48.3 Å². The molecule has 1 aliphatic rings. The lowest BCUT2D eigenvalue weighted by atomic mass is 9.86. The molecule has 0 saturated carbocycles. The number of nitrogens with zero attached hydrogens (tertiary/aromatic N) is 4. The smallest absolute Gasteiger partial charge is 0.273 e. The fourth-order valence-corrected chi connectivity index (χ4v) is 4.95. The number of hydrogen-bond donors (Lipinski definition) is 2. The maximum Gasteiger partial charge on any atom is 0.273 e. The van der Waals surface area contributed by atoms with Gasteiger partial charge in [0.25, 0.3) is 5.91 Å². The summed E-state index contributed by atoms with van der Waals surface area (Å²) < 4.78 is 30.4. The molecule has 0 bridgehead atoms. The number of aromatic amines is 1. The minimum atomic E-state index is -1.46. The first-order valence-electron chi connectivity index (χ1n) is 11.6. The van der Waals surface area contributed by atoms with Gasteiger partial charge in [-0.3, -0.25) is 14.7 Å². The normalized spacial score (nSPS) is 18.1. The monoisotopic (exact) mass is 518 g/mol. The second-order valence-electron chi connectivity index (χ2n) is 10.1. The van der Waals surface area contributed by atoms with Gasteiger partial charge in [0.2, 0.25) is 11.9 Å². The van der Waals surface area contributed by atoms with E-state index in [4.69, 9.17) is 11.6 Å². The molecule has 0 spiro atoms. The van der Waals surface area contributed by atoms with E-state index < -0.39 is 30.0 Å². The molecule has 1 aromatic carbocycles. The van der Waals surface area contributed by atoms with E-state index in [1.54, 1.807) is 0 Å². The van der Waals surface area contributed by atoms with Crippen LogP contribution in [0.15, 0.2) is 24.8 Å². The summed E-state index contributed by atoms with van der Waals surface area (Å²) in [5, 5.41) is 11.4. The van der Waals surface area contributed by atoms with Crippen LogP contribution in [0.2, 0.25) is 5.02 Å². The average Bonchev–Trinajstić information content (AvgIpc) is 3.45. The van der Waals surface area contributed by atoms with Gasteiger partial charge in [0.05, 0.1) is 18.1 Å². The van der Waals surface area contributed by atoms with E-state index in [-0.39, 0.29) is 24.2 Å². The topological polar surface area (TPSA) is 95.9 Å². The Balaban J connectivity index is 1.50. The first-order chi connectivity index (χ1) is 16.9. The summed E-state index contributed by atoms with van der Waals surface area (Å²) in [6.45, 7) is 9.45. The zero-order valence-electron chi connectivity index (χ0n) is 20.7. The van der Waals surface area contributed by atoms with Crippen molar-refractivity contribution >= 4 is 34.3 Å². The van der Waals surface area contributed by atoms with Crippen LogP contribution in [0.3, 0.4) is 0 Å². The molecule has 2 aromatic heterocycles. The first-order valence-corrected chi connectivity index (χ1v) is 12.0. The summed E-state index contributed by atoms with van der Waals surface area (Å²) in [5.41, 5.74) is 2.13. The van der Waals surface area contributed by atoms with E-state index in [0.29, 0.717) is 23.7 Å². The van der Waals surface area contributed by atoms with Gasteiger partial charge in [-0.05, 0) is 35.6 Å². The van der Waals surface area contributed by atoms with Crippen molar-refractivity contribution in [1.82, 2.24) is 30.0 Å². The summed E-state index contributed by atoms with van der Waals surface area (Å²) in [5.74, 6) is -1.79. The lowest BCUT2D eigenvalue weighted by Crippen LogP contribution is -2.42. The molecule has 36 heavy (non-hydrogen) atoms. The number of amides is 2. The van der Waals surface area contributed by atoms with E-state index in [1.807, 2.05) is 12.1 Å². The molecule has 4 rings (SSSR count). The van der Waals surface area contributed by atoms with Crippen LogP contribution in [0.5, 0.6) is 0 Å². The minimum Gasteiger partial charge on any atom is -0.343 e. The Kier molecular flexibility index (Phi) is 6.92. The Morgan fingerprint density at radius 1 is 1.31 bits per heavy atom. The molecule has 0 unspecified atom stereocenters. The quantitative estimate of drug-likeness (QED) is 0.487. The molecule has 1 aliphatic heterocycles. The predicted octanol–water partition coefficient (Wildman–Crippen LogP) is 3.64. The number of carbonyl (C=O) groups is 2. The number of rotatable bonds is 6. The summed E-state index contributed by atoms with van der Waals surface area (Å²) in [7, 11) is 1.54.